The largest absolute Gasteiger partial charge is 0.491 e. The van der Waals surface area contributed by atoms with Gasteiger partial charge in [-0.1, -0.05) is 12.1 Å². The molecule has 0 spiro atoms. The van der Waals surface area contributed by atoms with E-state index in [1.54, 1.807) is 0 Å². The maximum Gasteiger partial charge on any atom is 0.191 e. The van der Waals surface area contributed by atoms with Crippen molar-refractivity contribution in [1.29, 1.82) is 0 Å². The summed E-state index contributed by atoms with van der Waals surface area (Å²) in [5.74, 6) is 1.74. The molecule has 0 saturated heterocycles. The topological polar surface area (TPSA) is 84.3 Å². The molecule has 1 unspecified atom stereocenters. The smallest absolute Gasteiger partial charge is 0.191 e. The van der Waals surface area contributed by atoms with Crippen LogP contribution in [0.15, 0.2) is 41.4 Å². The zero-order chi connectivity index (χ0) is 22.9. The van der Waals surface area contributed by atoms with Gasteiger partial charge in [0, 0.05) is 18.7 Å². The van der Waals surface area contributed by atoms with Crippen LogP contribution < -0.4 is 20.1 Å². The highest BCUT2D eigenvalue weighted by Crippen LogP contribution is 2.29. The molecule has 0 aliphatic carbocycles. The van der Waals surface area contributed by atoms with E-state index >= 15 is 0 Å². The minimum atomic E-state index is -0.734. The van der Waals surface area contributed by atoms with Crippen LogP contribution in [0.2, 0.25) is 0 Å². The van der Waals surface area contributed by atoms with Gasteiger partial charge in [0.2, 0.25) is 0 Å². The molecular formula is C24H32FN3O4. The van der Waals surface area contributed by atoms with Gasteiger partial charge in [-0.15, -0.1) is 0 Å². The summed E-state index contributed by atoms with van der Waals surface area (Å²) in [6, 6.07) is 10.3. The number of aliphatic imine (C=N–C) groups is 1. The number of nitrogens with one attached hydrogen (secondary N) is 2. The molecule has 8 heteroatoms. The first-order valence-electron chi connectivity index (χ1n) is 10.9. The molecule has 3 N–H and O–H groups in total. The van der Waals surface area contributed by atoms with Gasteiger partial charge in [-0.25, -0.2) is 4.39 Å². The number of nitrogens with zero attached hydrogens (tertiary/aromatic N) is 1. The third kappa shape index (κ3) is 6.83. The van der Waals surface area contributed by atoms with E-state index in [1.807, 2.05) is 45.0 Å². The molecule has 1 atom stereocenters. The summed E-state index contributed by atoms with van der Waals surface area (Å²) in [6.45, 7) is 7.84. The molecule has 7 nitrogen and oxygen atoms in total. The monoisotopic (exact) mass is 445 g/mol. The fraction of sp³-hybridized carbons (Fsp3) is 0.458. The number of aliphatic hydroxyl groups is 1. The third-order valence-electron chi connectivity index (χ3n) is 4.84. The number of ether oxygens (including phenoxy) is 3. The minimum Gasteiger partial charge on any atom is -0.491 e. The molecule has 1 aliphatic heterocycles. The molecule has 0 saturated carbocycles. The fourth-order valence-electron chi connectivity index (χ4n) is 3.42. The van der Waals surface area contributed by atoms with Gasteiger partial charge in [0.25, 0.3) is 0 Å². The Kier molecular flexibility index (Phi) is 8.70. The zero-order valence-corrected chi connectivity index (χ0v) is 18.9. The van der Waals surface area contributed by atoms with Gasteiger partial charge < -0.3 is 30.0 Å². The van der Waals surface area contributed by atoms with E-state index in [0.717, 1.165) is 22.4 Å². The molecule has 0 fully saturated rings. The lowest BCUT2D eigenvalue weighted by molar-refractivity contribution is -0.0172. The highest BCUT2D eigenvalue weighted by atomic mass is 19.1. The van der Waals surface area contributed by atoms with Gasteiger partial charge in [0.1, 0.15) is 17.3 Å². The molecule has 32 heavy (non-hydrogen) atoms. The third-order valence-corrected chi connectivity index (χ3v) is 4.84. The summed E-state index contributed by atoms with van der Waals surface area (Å²) in [6.07, 6.45) is -0.0752. The van der Waals surface area contributed by atoms with Gasteiger partial charge in [-0.2, -0.15) is 0 Å². The van der Waals surface area contributed by atoms with Gasteiger partial charge >= 0.3 is 0 Å². The van der Waals surface area contributed by atoms with Crippen molar-refractivity contribution in [2.45, 2.75) is 46.0 Å². The molecule has 2 aromatic carbocycles. The summed E-state index contributed by atoms with van der Waals surface area (Å²) in [7, 11) is 0. The van der Waals surface area contributed by atoms with Crippen molar-refractivity contribution in [3.8, 4) is 11.5 Å². The van der Waals surface area contributed by atoms with E-state index in [0.29, 0.717) is 37.8 Å². The van der Waals surface area contributed by atoms with Crippen LogP contribution in [-0.2, 0) is 17.8 Å². The number of benzene rings is 2. The average molecular weight is 446 g/mol. The molecule has 0 radical (unpaired) electrons. The molecule has 174 valence electrons. The Labute approximate surface area is 188 Å². The lowest BCUT2D eigenvalue weighted by Gasteiger charge is -2.21. The van der Waals surface area contributed by atoms with Crippen LogP contribution >= 0.6 is 0 Å². The number of hydrogen-bond donors (Lipinski definition) is 3. The number of rotatable bonds is 9. The summed E-state index contributed by atoms with van der Waals surface area (Å²) < 4.78 is 30.3. The lowest BCUT2D eigenvalue weighted by atomic mass is 10.1. The Balaban J connectivity index is 1.56. The maximum atomic E-state index is 13.9. The van der Waals surface area contributed by atoms with Crippen molar-refractivity contribution in [2.75, 3.05) is 26.4 Å². The van der Waals surface area contributed by atoms with Crippen molar-refractivity contribution in [3.63, 3.8) is 0 Å². The highest BCUT2D eigenvalue weighted by Gasteiger charge is 2.17. The van der Waals surface area contributed by atoms with Crippen molar-refractivity contribution in [1.82, 2.24) is 10.6 Å². The molecule has 1 heterocycles. The number of halogens is 1. The molecular weight excluding hydrogens is 413 g/mol. The molecule has 0 bridgehead atoms. The first-order chi connectivity index (χ1) is 15.5. The van der Waals surface area contributed by atoms with E-state index in [-0.39, 0.29) is 25.3 Å². The molecule has 0 aromatic heterocycles. The Morgan fingerprint density at radius 1 is 1.22 bits per heavy atom. The maximum absolute atomic E-state index is 13.9. The molecule has 1 aliphatic rings. The van der Waals surface area contributed by atoms with Crippen molar-refractivity contribution in [3.05, 3.63) is 58.9 Å². The standard InChI is InChI=1S/C24H32FN3O4/c1-4-26-24(28-13-22(29)17-5-7-21(8-6-17)32-16(2)3)27-10-9-18-11-20(25)12-19-14-30-15-31-23(18)19/h5-8,11-12,16,22,29H,4,9-10,13-15H2,1-3H3,(H2,26,27,28). The Bertz CT molecular complexity index is 903. The van der Waals surface area contributed by atoms with E-state index in [9.17, 15) is 9.50 Å². The van der Waals surface area contributed by atoms with E-state index in [4.69, 9.17) is 14.2 Å². The van der Waals surface area contributed by atoms with Crippen LogP contribution in [0.3, 0.4) is 0 Å². The van der Waals surface area contributed by atoms with Crippen LogP contribution in [0.25, 0.3) is 0 Å². The van der Waals surface area contributed by atoms with E-state index in [2.05, 4.69) is 15.6 Å². The Hall–Kier alpha value is -2.84. The second kappa shape index (κ2) is 11.7. The lowest BCUT2D eigenvalue weighted by Crippen LogP contribution is -2.38. The number of aliphatic hydroxyl groups excluding tert-OH is 1. The SMILES string of the molecule is CCNC(=NCC(O)c1ccc(OC(C)C)cc1)NCCc1cc(F)cc2c1OCOC2. The highest BCUT2D eigenvalue weighted by molar-refractivity contribution is 5.79. The predicted molar refractivity (Wildman–Crippen MR) is 122 cm³/mol. The summed E-state index contributed by atoms with van der Waals surface area (Å²) in [5, 5.41) is 16.9. The summed E-state index contributed by atoms with van der Waals surface area (Å²) in [5.41, 5.74) is 2.28. The number of guanidine groups is 1. The van der Waals surface area contributed by atoms with Gasteiger partial charge in [0.15, 0.2) is 12.8 Å². The summed E-state index contributed by atoms with van der Waals surface area (Å²) in [4.78, 5) is 4.48. The van der Waals surface area contributed by atoms with Crippen LogP contribution in [0.4, 0.5) is 4.39 Å². The first-order valence-corrected chi connectivity index (χ1v) is 10.9. The predicted octanol–water partition coefficient (Wildman–Crippen LogP) is 3.31. The second-order valence-electron chi connectivity index (χ2n) is 7.81. The molecule has 2 aromatic rings. The number of hydrogen-bond acceptors (Lipinski definition) is 5. The zero-order valence-electron chi connectivity index (χ0n) is 18.9. The van der Waals surface area contributed by atoms with Crippen molar-refractivity contribution >= 4 is 5.96 Å². The normalized spacial score (nSPS) is 14.5. The van der Waals surface area contributed by atoms with Gasteiger partial charge in [-0.3, -0.25) is 4.99 Å². The summed E-state index contributed by atoms with van der Waals surface area (Å²) >= 11 is 0. The van der Waals surface area contributed by atoms with E-state index in [1.165, 1.54) is 12.1 Å². The second-order valence-corrected chi connectivity index (χ2v) is 7.81. The van der Waals surface area contributed by atoms with Crippen LogP contribution in [0, 0.1) is 5.82 Å². The van der Waals surface area contributed by atoms with Crippen LogP contribution in [0.1, 0.15) is 43.6 Å². The van der Waals surface area contributed by atoms with Crippen LogP contribution in [-0.4, -0.2) is 43.6 Å². The molecule has 0 amide bonds. The fourth-order valence-corrected chi connectivity index (χ4v) is 3.42. The Morgan fingerprint density at radius 2 is 2.00 bits per heavy atom. The number of fused-ring (bicyclic) bond motifs is 1. The first kappa shape index (κ1) is 23.8. The van der Waals surface area contributed by atoms with Gasteiger partial charge in [0.05, 0.1) is 25.4 Å². The minimum absolute atomic E-state index is 0.0990. The van der Waals surface area contributed by atoms with E-state index < -0.39 is 6.10 Å². The average Bonchev–Trinajstić information content (AvgIpc) is 2.77. The van der Waals surface area contributed by atoms with Crippen molar-refractivity contribution in [2.24, 2.45) is 4.99 Å². The van der Waals surface area contributed by atoms with Gasteiger partial charge in [-0.05, 0) is 62.6 Å². The van der Waals surface area contributed by atoms with Crippen LogP contribution in [0.5, 0.6) is 11.5 Å². The molecule has 3 rings (SSSR count). The van der Waals surface area contributed by atoms with Crippen molar-refractivity contribution < 1.29 is 23.7 Å². The Morgan fingerprint density at radius 3 is 2.72 bits per heavy atom. The quantitative estimate of drug-likeness (QED) is 0.406.